The van der Waals surface area contributed by atoms with Crippen molar-refractivity contribution in [1.82, 2.24) is 9.80 Å². The molecule has 1 spiro atoms. The number of hydrogen-bond acceptors (Lipinski definition) is 3. The minimum atomic E-state index is -0.348. The first-order valence-corrected chi connectivity index (χ1v) is 8.79. The third kappa shape index (κ3) is 3.84. The number of rotatable bonds is 3. The molecule has 3 rings (SSSR count). The van der Waals surface area contributed by atoms with Crippen LogP contribution in [0.3, 0.4) is 0 Å². The highest BCUT2D eigenvalue weighted by Gasteiger charge is 2.44. The lowest BCUT2D eigenvalue weighted by Crippen LogP contribution is -2.46. The fourth-order valence-corrected chi connectivity index (χ4v) is 3.71. The SMILES string of the molecule is CC(C)N1CC2(CCN(C(=O)Cc3ccccc3F)C2)COCC1=O. The normalized spacial score (nSPS) is 24.2. The van der Waals surface area contributed by atoms with Crippen LogP contribution in [0.5, 0.6) is 0 Å². The molecule has 2 fully saturated rings. The van der Waals surface area contributed by atoms with Gasteiger partial charge in [0.25, 0.3) is 0 Å². The van der Waals surface area contributed by atoms with Crippen LogP contribution >= 0.6 is 0 Å². The molecule has 0 bridgehead atoms. The van der Waals surface area contributed by atoms with E-state index >= 15 is 0 Å². The molecular weight excluding hydrogens is 323 g/mol. The lowest BCUT2D eigenvalue weighted by molar-refractivity contribution is -0.135. The molecule has 0 radical (unpaired) electrons. The zero-order valence-corrected chi connectivity index (χ0v) is 14.8. The van der Waals surface area contributed by atoms with E-state index in [4.69, 9.17) is 4.74 Å². The van der Waals surface area contributed by atoms with Crippen molar-refractivity contribution in [1.29, 1.82) is 0 Å². The van der Waals surface area contributed by atoms with Gasteiger partial charge < -0.3 is 14.5 Å². The quantitative estimate of drug-likeness (QED) is 0.838. The molecule has 1 atom stereocenters. The van der Waals surface area contributed by atoms with Crippen LogP contribution in [0.15, 0.2) is 24.3 Å². The van der Waals surface area contributed by atoms with Crippen molar-refractivity contribution in [2.75, 3.05) is 32.8 Å². The largest absolute Gasteiger partial charge is 0.371 e. The van der Waals surface area contributed by atoms with Crippen molar-refractivity contribution in [2.24, 2.45) is 5.41 Å². The van der Waals surface area contributed by atoms with E-state index in [1.165, 1.54) is 6.07 Å². The summed E-state index contributed by atoms with van der Waals surface area (Å²) in [6.45, 7) is 6.34. The molecule has 1 aromatic rings. The Morgan fingerprint density at radius 1 is 1.32 bits per heavy atom. The number of ether oxygens (including phenoxy) is 1. The Morgan fingerprint density at radius 2 is 2.08 bits per heavy atom. The van der Waals surface area contributed by atoms with Gasteiger partial charge in [0.1, 0.15) is 12.4 Å². The molecule has 1 aromatic carbocycles. The van der Waals surface area contributed by atoms with Crippen molar-refractivity contribution < 1.29 is 18.7 Å². The van der Waals surface area contributed by atoms with Gasteiger partial charge in [0, 0.05) is 31.1 Å². The number of nitrogens with zero attached hydrogens (tertiary/aromatic N) is 2. The predicted octanol–water partition coefficient (Wildman–Crippen LogP) is 1.85. The predicted molar refractivity (Wildman–Crippen MR) is 91.4 cm³/mol. The van der Waals surface area contributed by atoms with Crippen LogP contribution in [0.2, 0.25) is 0 Å². The van der Waals surface area contributed by atoms with Gasteiger partial charge in [-0.2, -0.15) is 0 Å². The first kappa shape index (κ1) is 17.9. The van der Waals surface area contributed by atoms with Gasteiger partial charge in [-0.05, 0) is 31.9 Å². The topological polar surface area (TPSA) is 49.9 Å². The number of hydrogen-bond donors (Lipinski definition) is 0. The second-order valence-corrected chi connectivity index (χ2v) is 7.44. The third-order valence-corrected chi connectivity index (χ3v) is 5.17. The van der Waals surface area contributed by atoms with Crippen LogP contribution in [-0.4, -0.2) is 60.5 Å². The second kappa shape index (κ2) is 7.12. The fraction of sp³-hybridized carbons (Fsp3) is 0.579. The highest BCUT2D eigenvalue weighted by atomic mass is 19.1. The molecule has 136 valence electrons. The van der Waals surface area contributed by atoms with Crippen LogP contribution in [0, 0.1) is 11.2 Å². The third-order valence-electron chi connectivity index (χ3n) is 5.17. The van der Waals surface area contributed by atoms with Gasteiger partial charge in [0.15, 0.2) is 0 Å². The van der Waals surface area contributed by atoms with Crippen LogP contribution in [0.25, 0.3) is 0 Å². The van der Waals surface area contributed by atoms with Gasteiger partial charge in [-0.3, -0.25) is 9.59 Å². The molecule has 5 nitrogen and oxygen atoms in total. The Kier molecular flexibility index (Phi) is 5.08. The molecule has 6 heteroatoms. The molecule has 0 aromatic heterocycles. The Balaban J connectivity index is 1.68. The number of amides is 2. The highest BCUT2D eigenvalue weighted by molar-refractivity contribution is 5.80. The van der Waals surface area contributed by atoms with E-state index in [0.29, 0.717) is 31.8 Å². The molecule has 0 aliphatic carbocycles. The van der Waals surface area contributed by atoms with Crippen molar-refractivity contribution in [3.05, 3.63) is 35.6 Å². The molecule has 2 aliphatic rings. The lowest BCUT2D eigenvalue weighted by atomic mass is 9.87. The fourth-order valence-electron chi connectivity index (χ4n) is 3.71. The molecule has 1 unspecified atom stereocenters. The summed E-state index contributed by atoms with van der Waals surface area (Å²) >= 11 is 0. The first-order chi connectivity index (χ1) is 11.9. The van der Waals surface area contributed by atoms with E-state index < -0.39 is 0 Å². The van der Waals surface area contributed by atoms with Crippen molar-refractivity contribution in [2.45, 2.75) is 32.7 Å². The Hall–Kier alpha value is -1.95. The maximum atomic E-state index is 13.8. The Morgan fingerprint density at radius 3 is 2.80 bits per heavy atom. The number of carbonyl (C=O) groups is 2. The molecule has 2 aliphatic heterocycles. The van der Waals surface area contributed by atoms with E-state index in [1.807, 2.05) is 18.7 Å². The Labute approximate surface area is 147 Å². The van der Waals surface area contributed by atoms with E-state index in [-0.39, 0.29) is 42.1 Å². The summed E-state index contributed by atoms with van der Waals surface area (Å²) in [5.74, 6) is -0.421. The number of likely N-dealkylation sites (tertiary alicyclic amines) is 1. The number of halogens is 1. The van der Waals surface area contributed by atoms with Gasteiger partial charge in [0.05, 0.1) is 13.0 Å². The summed E-state index contributed by atoms with van der Waals surface area (Å²) in [6.07, 6.45) is 0.864. The molecule has 2 amide bonds. The van der Waals surface area contributed by atoms with E-state index in [9.17, 15) is 14.0 Å². The van der Waals surface area contributed by atoms with Gasteiger partial charge in [-0.15, -0.1) is 0 Å². The minimum Gasteiger partial charge on any atom is -0.371 e. The van der Waals surface area contributed by atoms with Gasteiger partial charge >= 0.3 is 0 Å². The summed E-state index contributed by atoms with van der Waals surface area (Å²) in [5.41, 5.74) is 0.200. The summed E-state index contributed by atoms with van der Waals surface area (Å²) in [4.78, 5) is 28.4. The molecule has 0 saturated carbocycles. The second-order valence-electron chi connectivity index (χ2n) is 7.44. The maximum Gasteiger partial charge on any atom is 0.248 e. The standard InChI is InChI=1S/C19H25FN2O3/c1-14(2)22-12-19(13-25-10-18(22)24)7-8-21(11-19)17(23)9-15-5-3-4-6-16(15)20/h3-6,14H,7-13H2,1-2H3. The summed E-state index contributed by atoms with van der Waals surface area (Å²) in [7, 11) is 0. The highest BCUT2D eigenvalue weighted by Crippen LogP contribution is 2.34. The summed E-state index contributed by atoms with van der Waals surface area (Å²) in [6, 6.07) is 6.48. The van der Waals surface area contributed by atoms with Crippen LogP contribution < -0.4 is 0 Å². The number of benzene rings is 1. The maximum absolute atomic E-state index is 13.8. The summed E-state index contributed by atoms with van der Waals surface area (Å²) < 4.78 is 19.4. The van der Waals surface area contributed by atoms with Crippen molar-refractivity contribution in [3.8, 4) is 0 Å². The lowest BCUT2D eigenvalue weighted by Gasteiger charge is -2.34. The smallest absolute Gasteiger partial charge is 0.248 e. The zero-order valence-electron chi connectivity index (χ0n) is 14.8. The van der Waals surface area contributed by atoms with Crippen LogP contribution in [0.4, 0.5) is 4.39 Å². The Bertz CT molecular complexity index is 664. The minimum absolute atomic E-state index is 0.00279. The molecule has 25 heavy (non-hydrogen) atoms. The van der Waals surface area contributed by atoms with E-state index in [2.05, 4.69) is 0 Å². The molecule has 0 N–H and O–H groups in total. The number of carbonyl (C=O) groups excluding carboxylic acids is 2. The molecular formula is C19H25FN2O3. The van der Waals surface area contributed by atoms with E-state index in [1.54, 1.807) is 23.1 Å². The van der Waals surface area contributed by atoms with Crippen LogP contribution in [0.1, 0.15) is 25.8 Å². The first-order valence-electron chi connectivity index (χ1n) is 8.79. The van der Waals surface area contributed by atoms with Gasteiger partial charge in [-0.25, -0.2) is 4.39 Å². The van der Waals surface area contributed by atoms with Gasteiger partial charge in [0.2, 0.25) is 11.8 Å². The van der Waals surface area contributed by atoms with Crippen molar-refractivity contribution in [3.63, 3.8) is 0 Å². The van der Waals surface area contributed by atoms with E-state index in [0.717, 1.165) is 6.42 Å². The average molecular weight is 348 g/mol. The van der Waals surface area contributed by atoms with Gasteiger partial charge in [-0.1, -0.05) is 18.2 Å². The molecule has 2 heterocycles. The average Bonchev–Trinajstić information content (AvgIpc) is 2.91. The van der Waals surface area contributed by atoms with Crippen molar-refractivity contribution >= 4 is 11.8 Å². The summed E-state index contributed by atoms with van der Waals surface area (Å²) in [5, 5.41) is 0. The van der Waals surface area contributed by atoms with Crippen LogP contribution in [-0.2, 0) is 20.7 Å². The molecule has 2 saturated heterocycles. The monoisotopic (exact) mass is 348 g/mol. The zero-order chi connectivity index (χ0) is 18.0.